The Kier molecular flexibility index (Phi) is 4.71. The van der Waals surface area contributed by atoms with E-state index >= 15 is 0 Å². The van der Waals surface area contributed by atoms with Gasteiger partial charge < -0.3 is 15.1 Å². The van der Waals surface area contributed by atoms with Crippen molar-refractivity contribution in [2.45, 2.75) is 20.3 Å². The molecule has 0 atom stereocenters. The van der Waals surface area contributed by atoms with Crippen molar-refractivity contribution in [2.75, 3.05) is 13.1 Å². The number of aryl methyl sites for hydroxylation is 1. The lowest BCUT2D eigenvalue weighted by Crippen LogP contribution is -2.32. The van der Waals surface area contributed by atoms with Gasteiger partial charge in [0.15, 0.2) is 0 Å². The van der Waals surface area contributed by atoms with Gasteiger partial charge in [0.05, 0.1) is 12.0 Å². The molecule has 0 saturated carbocycles. The fourth-order valence-electron chi connectivity index (χ4n) is 1.63. The lowest BCUT2D eigenvalue weighted by Gasteiger charge is -2.20. The van der Waals surface area contributed by atoms with Gasteiger partial charge >= 0.3 is 5.97 Å². The Morgan fingerprint density at radius 3 is 2.50 bits per heavy atom. The molecule has 1 amide bonds. The molecule has 1 aromatic carbocycles. The van der Waals surface area contributed by atoms with Crippen LogP contribution in [-0.4, -0.2) is 40.1 Å². The zero-order valence-electron chi connectivity index (χ0n) is 10.5. The van der Waals surface area contributed by atoms with Crippen LogP contribution in [0.15, 0.2) is 18.2 Å². The fraction of sp³-hybridized carbons (Fsp3) is 0.385. The minimum absolute atomic E-state index is 0.0752. The SMILES string of the molecule is CCN(CCC(=O)O)C(=O)c1ccc(C)cc1O. The molecule has 5 nitrogen and oxygen atoms in total. The number of carbonyl (C=O) groups is 2. The summed E-state index contributed by atoms with van der Waals surface area (Å²) >= 11 is 0. The Labute approximate surface area is 106 Å². The number of rotatable bonds is 5. The molecule has 0 fully saturated rings. The first-order chi connectivity index (χ1) is 8.45. The maximum absolute atomic E-state index is 12.1. The van der Waals surface area contributed by atoms with Gasteiger partial charge in [-0.1, -0.05) is 6.07 Å². The van der Waals surface area contributed by atoms with Crippen molar-refractivity contribution >= 4 is 11.9 Å². The predicted octanol–water partition coefficient (Wildman–Crippen LogP) is 1.64. The molecule has 1 rings (SSSR count). The molecular formula is C13H17NO4. The standard InChI is InChI=1S/C13H17NO4/c1-3-14(7-6-12(16)17)13(18)10-5-4-9(2)8-11(10)15/h4-5,8,15H,3,6-7H2,1-2H3,(H,16,17). The number of nitrogens with zero attached hydrogens (tertiary/aromatic N) is 1. The van der Waals surface area contributed by atoms with Crippen molar-refractivity contribution in [3.05, 3.63) is 29.3 Å². The highest BCUT2D eigenvalue weighted by atomic mass is 16.4. The highest BCUT2D eigenvalue weighted by Gasteiger charge is 2.18. The summed E-state index contributed by atoms with van der Waals surface area (Å²) in [5, 5.41) is 18.3. The van der Waals surface area contributed by atoms with Crippen LogP contribution in [0.3, 0.4) is 0 Å². The van der Waals surface area contributed by atoms with E-state index in [4.69, 9.17) is 5.11 Å². The third-order valence-electron chi connectivity index (χ3n) is 2.65. The first-order valence-electron chi connectivity index (χ1n) is 5.76. The van der Waals surface area contributed by atoms with Crippen molar-refractivity contribution < 1.29 is 19.8 Å². The van der Waals surface area contributed by atoms with Gasteiger partial charge in [-0.15, -0.1) is 0 Å². The molecule has 98 valence electrons. The number of aliphatic carboxylic acids is 1. The number of hydrogen-bond donors (Lipinski definition) is 2. The van der Waals surface area contributed by atoms with Gasteiger partial charge in [0.25, 0.3) is 5.91 Å². The Morgan fingerprint density at radius 1 is 1.33 bits per heavy atom. The first-order valence-corrected chi connectivity index (χ1v) is 5.76. The van der Waals surface area contributed by atoms with E-state index in [1.54, 1.807) is 19.1 Å². The first kappa shape index (κ1) is 14.0. The Hall–Kier alpha value is -2.04. The number of carboxylic acid groups (broad SMARTS) is 1. The van der Waals surface area contributed by atoms with E-state index in [1.807, 2.05) is 6.92 Å². The lowest BCUT2D eigenvalue weighted by atomic mass is 10.1. The van der Waals surface area contributed by atoms with Gasteiger partial charge in [-0.3, -0.25) is 9.59 Å². The van der Waals surface area contributed by atoms with Gasteiger partial charge in [0, 0.05) is 13.1 Å². The summed E-state index contributed by atoms with van der Waals surface area (Å²) < 4.78 is 0. The average molecular weight is 251 g/mol. The maximum Gasteiger partial charge on any atom is 0.305 e. The summed E-state index contributed by atoms with van der Waals surface area (Å²) in [5.74, 6) is -1.38. The van der Waals surface area contributed by atoms with Crippen LogP contribution in [0.5, 0.6) is 5.75 Å². The molecule has 0 aromatic heterocycles. The Morgan fingerprint density at radius 2 is 2.00 bits per heavy atom. The molecule has 5 heteroatoms. The van der Waals surface area contributed by atoms with E-state index in [0.717, 1.165) is 5.56 Å². The number of benzene rings is 1. The van der Waals surface area contributed by atoms with Gasteiger partial charge in [-0.05, 0) is 31.5 Å². The molecule has 0 radical (unpaired) electrons. The van der Waals surface area contributed by atoms with Crippen molar-refractivity contribution in [3.63, 3.8) is 0 Å². The van der Waals surface area contributed by atoms with Crippen LogP contribution in [0.1, 0.15) is 29.3 Å². The normalized spacial score (nSPS) is 10.1. The number of amides is 1. The molecule has 0 aliphatic heterocycles. The number of aromatic hydroxyl groups is 1. The summed E-state index contributed by atoms with van der Waals surface area (Å²) in [6, 6.07) is 4.80. The predicted molar refractivity (Wildman–Crippen MR) is 66.7 cm³/mol. The number of carbonyl (C=O) groups excluding carboxylic acids is 1. The molecule has 0 spiro atoms. The van der Waals surface area contributed by atoms with E-state index in [2.05, 4.69) is 0 Å². The second kappa shape index (κ2) is 6.05. The lowest BCUT2D eigenvalue weighted by molar-refractivity contribution is -0.137. The zero-order valence-corrected chi connectivity index (χ0v) is 10.5. The number of phenolic OH excluding ortho intramolecular Hbond substituents is 1. The summed E-state index contributed by atoms with van der Waals surface area (Å²) in [4.78, 5) is 24.0. The van der Waals surface area contributed by atoms with E-state index in [0.29, 0.717) is 6.54 Å². The second-order valence-electron chi connectivity index (χ2n) is 4.05. The van der Waals surface area contributed by atoms with Gasteiger partial charge in [-0.25, -0.2) is 0 Å². The monoisotopic (exact) mass is 251 g/mol. The van der Waals surface area contributed by atoms with E-state index in [-0.39, 0.29) is 30.2 Å². The topological polar surface area (TPSA) is 77.8 Å². The van der Waals surface area contributed by atoms with Crippen LogP contribution in [0.4, 0.5) is 0 Å². The fourth-order valence-corrected chi connectivity index (χ4v) is 1.63. The molecular weight excluding hydrogens is 234 g/mol. The van der Waals surface area contributed by atoms with Gasteiger partial charge in [-0.2, -0.15) is 0 Å². The maximum atomic E-state index is 12.1. The van der Waals surface area contributed by atoms with Crippen LogP contribution in [0.2, 0.25) is 0 Å². The Balaban J connectivity index is 2.86. The van der Waals surface area contributed by atoms with Crippen LogP contribution in [0.25, 0.3) is 0 Å². The highest BCUT2D eigenvalue weighted by molar-refractivity contribution is 5.97. The van der Waals surface area contributed by atoms with Crippen LogP contribution >= 0.6 is 0 Å². The highest BCUT2D eigenvalue weighted by Crippen LogP contribution is 2.20. The quantitative estimate of drug-likeness (QED) is 0.833. The van der Waals surface area contributed by atoms with Crippen LogP contribution in [0, 0.1) is 6.92 Å². The third kappa shape index (κ3) is 3.48. The van der Waals surface area contributed by atoms with Crippen molar-refractivity contribution in [1.82, 2.24) is 4.90 Å². The molecule has 0 heterocycles. The molecule has 0 aliphatic rings. The molecule has 18 heavy (non-hydrogen) atoms. The molecule has 0 bridgehead atoms. The molecule has 0 aliphatic carbocycles. The van der Waals surface area contributed by atoms with E-state index < -0.39 is 5.97 Å². The summed E-state index contributed by atoms with van der Waals surface area (Å²) in [7, 11) is 0. The second-order valence-corrected chi connectivity index (χ2v) is 4.05. The van der Waals surface area contributed by atoms with E-state index in [9.17, 15) is 14.7 Å². The number of hydrogen-bond acceptors (Lipinski definition) is 3. The Bertz CT molecular complexity index is 456. The number of phenols is 1. The zero-order chi connectivity index (χ0) is 13.7. The number of carboxylic acids is 1. The van der Waals surface area contributed by atoms with Crippen molar-refractivity contribution in [3.8, 4) is 5.75 Å². The minimum atomic E-state index is -0.950. The summed E-state index contributed by atoms with van der Waals surface area (Å²) in [6.07, 6.45) is -0.105. The third-order valence-corrected chi connectivity index (χ3v) is 2.65. The van der Waals surface area contributed by atoms with E-state index in [1.165, 1.54) is 11.0 Å². The average Bonchev–Trinajstić information content (AvgIpc) is 2.29. The molecule has 1 aromatic rings. The van der Waals surface area contributed by atoms with Gasteiger partial charge in [0.1, 0.15) is 5.75 Å². The van der Waals surface area contributed by atoms with Crippen LogP contribution in [-0.2, 0) is 4.79 Å². The molecule has 0 unspecified atom stereocenters. The van der Waals surface area contributed by atoms with Crippen molar-refractivity contribution in [1.29, 1.82) is 0 Å². The van der Waals surface area contributed by atoms with Gasteiger partial charge in [0.2, 0.25) is 0 Å². The largest absolute Gasteiger partial charge is 0.507 e. The molecule has 0 saturated heterocycles. The summed E-state index contributed by atoms with van der Waals surface area (Å²) in [5.41, 5.74) is 1.06. The minimum Gasteiger partial charge on any atom is -0.507 e. The van der Waals surface area contributed by atoms with Crippen molar-refractivity contribution in [2.24, 2.45) is 0 Å². The smallest absolute Gasteiger partial charge is 0.305 e. The molecule has 2 N–H and O–H groups in total. The summed E-state index contributed by atoms with van der Waals surface area (Å²) in [6.45, 7) is 4.12. The van der Waals surface area contributed by atoms with Crippen LogP contribution < -0.4 is 0 Å².